The van der Waals surface area contributed by atoms with Gasteiger partial charge in [0.05, 0.1) is 0 Å². The second kappa shape index (κ2) is 16.0. The predicted octanol–water partition coefficient (Wildman–Crippen LogP) is -1.74. The van der Waals surface area contributed by atoms with Gasteiger partial charge in [-0.05, 0) is 0 Å². The first-order chi connectivity index (χ1) is 0. The van der Waals surface area contributed by atoms with Gasteiger partial charge in [-0.2, -0.15) is 0 Å². The molecule has 18 valence electrons. The summed E-state index contributed by atoms with van der Waals surface area (Å²) in [5.41, 5.74) is 0. The van der Waals surface area contributed by atoms with E-state index in [1.165, 1.54) is 0 Å². The molecule has 0 atom stereocenters. The van der Waals surface area contributed by atoms with Crippen LogP contribution in [0.1, 0.15) is 0 Å². The summed E-state index contributed by atoms with van der Waals surface area (Å²) in [6.45, 7) is 0. The molecule has 0 aromatic heterocycles. The van der Waals surface area contributed by atoms with Crippen LogP contribution < -0.4 is 0 Å². The quantitative estimate of drug-likeness (QED) is 0.483. The average molecular weight is 276 g/mol. The van der Waals surface area contributed by atoms with E-state index in [-0.39, 0.29) is 115 Å². The Kier molecular flexibility index (Phi) is 103. The molecule has 0 aromatic carbocycles. The van der Waals surface area contributed by atoms with Gasteiger partial charge in [-0.1, -0.05) is 0 Å². The van der Waals surface area contributed by atoms with Crippen molar-refractivity contribution in [2.75, 3.05) is 0 Å². The fraction of sp³-hybridized carbons (Fsp3) is 0. The van der Waals surface area contributed by atoms with Crippen LogP contribution in [0.15, 0.2) is 0 Å². The van der Waals surface area contributed by atoms with Gasteiger partial charge in [0.25, 0.3) is 0 Å². The van der Waals surface area contributed by atoms with E-state index in [4.69, 9.17) is 0 Å². The number of hydrogen-bond donors (Lipinski definition) is 0. The molecule has 0 unspecified atom stereocenters. The molecular weight excluding hydrogens is 272 g/mol. The summed E-state index contributed by atoms with van der Waals surface area (Å²) in [6.07, 6.45) is 0. The molecule has 0 amide bonds. The normalized spacial score (nSPS) is 0. The van der Waals surface area contributed by atoms with Crippen molar-refractivity contribution in [3.8, 4) is 0 Å². The predicted molar refractivity (Wildman–Crippen MR) is 17.6 cm³/mol. The van der Waals surface area contributed by atoms with Crippen molar-refractivity contribution >= 4 is 68.5 Å². The Balaban J connectivity index is 0. The molecule has 0 aliphatic carbocycles. The zero-order valence-electron chi connectivity index (χ0n) is 1.95. The van der Waals surface area contributed by atoms with Gasteiger partial charge in [-0.15, -0.1) is 0 Å². The van der Waals surface area contributed by atoms with Crippen LogP contribution in [0.5, 0.6) is 0 Å². The van der Waals surface area contributed by atoms with E-state index in [0.29, 0.717) is 0 Å². The Morgan fingerprint density at radius 3 is 1.00 bits per heavy atom. The fourth-order valence-corrected chi connectivity index (χ4v) is 0. The van der Waals surface area contributed by atoms with Crippen LogP contribution in [0.4, 0.5) is 0 Å². The Hall–Kier alpha value is 3.56. The summed E-state index contributed by atoms with van der Waals surface area (Å²) in [5.74, 6) is 0. The van der Waals surface area contributed by atoms with Crippen molar-refractivity contribution in [3.05, 3.63) is 0 Å². The second-order valence-electron chi connectivity index (χ2n) is 0. The van der Waals surface area contributed by atoms with Gasteiger partial charge in [0.1, 0.15) is 0 Å². The van der Waals surface area contributed by atoms with Crippen molar-refractivity contribution in [3.63, 3.8) is 0 Å². The van der Waals surface area contributed by atoms with Crippen LogP contribution in [-0.2, 0) is 0 Å². The molecule has 1 N–H and O–H groups in total. The van der Waals surface area contributed by atoms with Gasteiger partial charge in [0.15, 0.2) is 0 Å². The van der Waals surface area contributed by atoms with E-state index in [9.17, 15) is 0 Å². The van der Waals surface area contributed by atoms with Crippen LogP contribution >= 0.6 is 0 Å². The molecular formula is H4MgNdOSr. The Morgan fingerprint density at radius 1 is 1.00 bits per heavy atom. The number of rotatable bonds is 0. The van der Waals surface area contributed by atoms with Gasteiger partial charge in [0.2, 0.25) is 0 Å². The van der Waals surface area contributed by atoms with E-state index in [1.807, 2.05) is 0 Å². The third kappa shape index (κ3) is 9.12. The first-order valence-electron chi connectivity index (χ1n) is 0. The molecule has 0 spiro atoms. The van der Waals surface area contributed by atoms with Crippen LogP contribution in [0.3, 0.4) is 0 Å². The molecule has 4 heavy (non-hydrogen) atoms. The van der Waals surface area contributed by atoms with Crippen LogP contribution in [0.25, 0.3) is 0 Å². The van der Waals surface area contributed by atoms with Gasteiger partial charge in [-0.25, -0.2) is 0 Å². The molecule has 4 heteroatoms. The van der Waals surface area contributed by atoms with E-state index >= 15 is 0 Å². The third-order valence-electron chi connectivity index (χ3n) is 0. The minimum absolute atomic E-state index is 0. The van der Waals surface area contributed by atoms with Crippen LogP contribution in [-0.4, -0.2) is 74.0 Å². The Labute approximate surface area is 112 Å². The molecule has 0 aliphatic rings. The van der Waals surface area contributed by atoms with E-state index in [0.717, 1.165) is 0 Å². The SMILES string of the molecule is [MgH+].[Nd].[OH-].[SrH2]. The van der Waals surface area contributed by atoms with Gasteiger partial charge in [-0.3, -0.25) is 0 Å². The van der Waals surface area contributed by atoms with E-state index in [2.05, 4.69) is 0 Å². The molecule has 1 nitrogen and oxygen atoms in total. The van der Waals surface area contributed by atoms with Gasteiger partial charge < -0.3 is 5.48 Å². The number of hydrogen-bond acceptors (Lipinski definition) is 1. The van der Waals surface area contributed by atoms with E-state index in [1.54, 1.807) is 0 Å². The fourth-order valence-electron chi connectivity index (χ4n) is 0. The summed E-state index contributed by atoms with van der Waals surface area (Å²) < 4.78 is 0. The Morgan fingerprint density at radius 2 is 1.00 bits per heavy atom. The zero-order chi connectivity index (χ0) is 0. The molecule has 0 rings (SSSR count). The van der Waals surface area contributed by atoms with Crippen molar-refractivity contribution in [1.82, 2.24) is 0 Å². The standard InChI is InChI=1S/Mg.Nd.H2O.Sr.3H/h;;1H2;;;;/q+1;;;;;;/p-1. The zero-order valence-corrected chi connectivity index (χ0v) is 7.16. The average Bonchev–Trinajstić information content (AvgIpc) is 0. The second-order valence-corrected chi connectivity index (χ2v) is 0. The molecule has 0 saturated carbocycles. The topological polar surface area (TPSA) is 30.0 Å². The summed E-state index contributed by atoms with van der Waals surface area (Å²) in [5, 5.41) is 0. The van der Waals surface area contributed by atoms with Crippen LogP contribution in [0, 0.1) is 40.8 Å². The monoisotopic (exact) mass is 274 g/mol. The minimum atomic E-state index is 0. The van der Waals surface area contributed by atoms with Crippen molar-refractivity contribution in [2.45, 2.75) is 0 Å². The van der Waals surface area contributed by atoms with Crippen molar-refractivity contribution in [1.29, 1.82) is 0 Å². The molecule has 0 radical (unpaired) electrons. The van der Waals surface area contributed by atoms with E-state index < -0.39 is 0 Å². The summed E-state index contributed by atoms with van der Waals surface area (Å²) >= 11 is 0. The van der Waals surface area contributed by atoms with Crippen LogP contribution in [0.2, 0.25) is 0 Å². The van der Waals surface area contributed by atoms with Gasteiger partial charge in [0, 0.05) is 40.8 Å². The summed E-state index contributed by atoms with van der Waals surface area (Å²) in [7, 11) is 0. The molecule has 0 fully saturated rings. The van der Waals surface area contributed by atoms with Crippen molar-refractivity contribution in [2.24, 2.45) is 0 Å². The van der Waals surface area contributed by atoms with Crippen molar-refractivity contribution < 1.29 is 46.3 Å². The molecule has 0 saturated heterocycles. The molecule has 0 aliphatic heterocycles. The summed E-state index contributed by atoms with van der Waals surface area (Å²) in [6, 6.07) is 0. The Bertz CT molecular complexity index is 8.00. The maximum absolute atomic E-state index is 0. The maximum atomic E-state index is 0. The molecule has 0 aromatic rings. The first-order valence-corrected chi connectivity index (χ1v) is 0. The summed E-state index contributed by atoms with van der Waals surface area (Å²) in [4.78, 5) is 0. The molecule has 0 heterocycles. The first kappa shape index (κ1) is 25.7. The third-order valence-corrected chi connectivity index (χ3v) is 0. The van der Waals surface area contributed by atoms with Gasteiger partial charge >= 0.3 is 68.5 Å². The molecule has 0 bridgehead atoms.